The van der Waals surface area contributed by atoms with Crippen molar-refractivity contribution in [3.05, 3.63) is 132 Å². The first kappa shape index (κ1) is 21.1. The minimum absolute atomic E-state index is 0. The number of halogens is 3. The van der Waals surface area contributed by atoms with Gasteiger partial charge in [0.2, 0.25) is 0 Å². The number of alkyl halides is 3. The van der Waals surface area contributed by atoms with Crippen LogP contribution < -0.4 is 0 Å². The van der Waals surface area contributed by atoms with Crippen molar-refractivity contribution in [1.29, 1.82) is 0 Å². The molecular weight excluding hydrogens is 710 g/mol. The van der Waals surface area contributed by atoms with E-state index >= 15 is 0 Å². The van der Waals surface area contributed by atoms with Gasteiger partial charge in [-0.25, -0.2) is 0 Å². The molecule has 0 spiro atoms. The third kappa shape index (κ3) is 8.95. The molecule has 42 heavy (non-hydrogen) atoms. The predicted octanol–water partition coefficient (Wildman–Crippen LogP) is 9.99. The van der Waals surface area contributed by atoms with Crippen LogP contribution in [0.5, 0.6) is 0 Å². The first-order valence-electron chi connectivity index (χ1n) is 17.6. The Hall–Kier alpha value is -3.60. The van der Waals surface area contributed by atoms with Gasteiger partial charge in [-0.05, 0) is 76.3 Å². The van der Waals surface area contributed by atoms with E-state index in [0.717, 1.165) is 18.3 Å². The number of hydrogen-bond donors (Lipinski definition) is 0. The van der Waals surface area contributed by atoms with Crippen LogP contribution in [0.2, 0.25) is 0 Å². The minimum atomic E-state index is -4.32. The van der Waals surface area contributed by atoms with Crippen LogP contribution in [0.3, 0.4) is 0 Å². The van der Waals surface area contributed by atoms with Crippen molar-refractivity contribution in [2.24, 2.45) is 5.41 Å². The molecule has 2 nitrogen and oxygen atoms in total. The molecule has 5 aromatic rings. The number of hydrogen-bond acceptors (Lipinski definition) is 2. The first-order chi connectivity index (χ1) is 23.4. The Kier molecular flexibility index (Phi) is 7.07. The molecule has 2 aromatic heterocycles. The zero-order chi connectivity index (χ0) is 38.2. The molecule has 0 amide bonds. The summed E-state index contributed by atoms with van der Waals surface area (Å²) in [4.78, 5) is 8.20. The fraction of sp³-hybridized carbons (Fsp3) is 0.222. The van der Waals surface area contributed by atoms with Crippen LogP contribution in [0.15, 0.2) is 97.3 Å². The summed E-state index contributed by atoms with van der Waals surface area (Å²) in [5.41, 5.74) is -1.16. The van der Waals surface area contributed by atoms with Gasteiger partial charge in [-0.1, -0.05) is 57.1 Å². The molecule has 2 heterocycles. The van der Waals surface area contributed by atoms with Gasteiger partial charge in [0, 0.05) is 43.5 Å². The molecule has 0 N–H and O–H groups in total. The van der Waals surface area contributed by atoms with Gasteiger partial charge in [0.25, 0.3) is 0 Å². The summed E-state index contributed by atoms with van der Waals surface area (Å²) in [7, 11) is 0. The third-order valence-corrected chi connectivity index (χ3v) is 5.59. The van der Waals surface area contributed by atoms with Crippen molar-refractivity contribution in [1.82, 2.24) is 9.97 Å². The maximum atomic E-state index is 12.3. The predicted molar refractivity (Wildman–Crippen MR) is 160 cm³/mol. The second-order valence-electron chi connectivity index (χ2n) is 10.1. The molecule has 5 rings (SSSR count). The zero-order valence-corrected chi connectivity index (χ0v) is 25.3. The average molecular weight is 753 g/mol. The molecular formula is C36H33F3IrN2-2. The van der Waals surface area contributed by atoms with Crippen LogP contribution in [-0.4, -0.2) is 9.97 Å². The molecule has 0 saturated heterocycles. The quantitative estimate of drug-likeness (QED) is 0.171. The molecule has 0 aliphatic rings. The van der Waals surface area contributed by atoms with Crippen molar-refractivity contribution < 1.29 is 47.0 Å². The summed E-state index contributed by atoms with van der Waals surface area (Å²) in [6.45, 7) is -0.552. The van der Waals surface area contributed by atoms with Crippen LogP contribution in [-0.2, 0) is 32.7 Å². The van der Waals surface area contributed by atoms with Crippen LogP contribution in [0.1, 0.15) is 56.7 Å². The Balaban J connectivity index is 0.000000358. The monoisotopic (exact) mass is 753 g/mol. The Morgan fingerprint density at radius 1 is 0.857 bits per heavy atom. The molecule has 0 unspecified atom stereocenters. The second kappa shape index (κ2) is 14.0. The van der Waals surface area contributed by atoms with E-state index in [1.807, 2.05) is 0 Å². The Morgan fingerprint density at radius 2 is 1.62 bits per heavy atom. The molecule has 0 aliphatic carbocycles. The summed E-state index contributed by atoms with van der Waals surface area (Å²) >= 11 is 0. The third-order valence-electron chi connectivity index (χ3n) is 5.59. The number of aryl methyl sites for hydroxylation is 2. The van der Waals surface area contributed by atoms with E-state index < -0.39 is 37.2 Å². The summed E-state index contributed by atoms with van der Waals surface area (Å²) < 4.78 is 120. The van der Waals surface area contributed by atoms with Gasteiger partial charge in [0.15, 0.2) is 0 Å². The number of pyridine rings is 2. The Bertz CT molecular complexity index is 1980. The first-order valence-corrected chi connectivity index (χ1v) is 12.6. The van der Waals surface area contributed by atoms with Gasteiger partial charge in [-0.3, -0.25) is 0 Å². The Morgan fingerprint density at radius 3 is 2.21 bits per heavy atom. The van der Waals surface area contributed by atoms with E-state index in [1.165, 1.54) is 18.2 Å². The van der Waals surface area contributed by atoms with Crippen molar-refractivity contribution >= 4 is 0 Å². The zero-order valence-electron chi connectivity index (χ0n) is 32.9. The molecule has 0 bridgehead atoms. The van der Waals surface area contributed by atoms with Gasteiger partial charge in [0.1, 0.15) is 0 Å². The molecule has 6 heteroatoms. The van der Waals surface area contributed by atoms with E-state index in [-0.39, 0.29) is 65.7 Å². The van der Waals surface area contributed by atoms with Crippen molar-refractivity contribution in [2.75, 3.05) is 0 Å². The second-order valence-corrected chi connectivity index (χ2v) is 10.1. The molecule has 0 aliphatic heterocycles. The van der Waals surface area contributed by atoms with E-state index in [2.05, 4.69) is 22.1 Å². The largest absolute Gasteiger partial charge is 0.381 e. The molecule has 0 fully saturated rings. The number of aromatic nitrogens is 2. The van der Waals surface area contributed by atoms with Gasteiger partial charge >= 0.3 is 6.18 Å². The van der Waals surface area contributed by atoms with Crippen molar-refractivity contribution in [3.8, 4) is 33.6 Å². The molecule has 0 atom stereocenters. The smallest absolute Gasteiger partial charge is 0.305 e. The number of benzene rings is 3. The summed E-state index contributed by atoms with van der Waals surface area (Å²) in [6, 6.07) is 22.4. The van der Waals surface area contributed by atoms with E-state index in [9.17, 15) is 13.2 Å². The van der Waals surface area contributed by atoms with E-state index in [0.29, 0.717) is 16.8 Å². The number of nitrogens with zero attached hydrogens (tertiary/aromatic N) is 2. The number of rotatable bonds is 4. The van der Waals surface area contributed by atoms with Crippen LogP contribution in [0.4, 0.5) is 13.2 Å². The summed E-state index contributed by atoms with van der Waals surface area (Å²) in [5, 5.41) is 0. The topological polar surface area (TPSA) is 25.8 Å². The molecule has 3 aromatic carbocycles. The van der Waals surface area contributed by atoms with Crippen molar-refractivity contribution in [3.63, 3.8) is 0 Å². The van der Waals surface area contributed by atoms with Crippen LogP contribution >= 0.6 is 0 Å². The fourth-order valence-corrected chi connectivity index (χ4v) is 3.78. The SMILES string of the molecule is FC(F)(F)c1c[c-]c(-c2ccccn2)cc1.[2H]c1cc(C([2H])([2H])C(C)(C)C)cc(C([2H])([2H])[2H])c1-c1c(C([2H])([2H])[2H])cnc(-c2[c-]cccc2)c1[2H].[Ir]. The van der Waals surface area contributed by atoms with Gasteiger partial charge in [-0.2, -0.15) is 13.2 Å². The van der Waals surface area contributed by atoms with Crippen molar-refractivity contribution in [2.45, 2.75) is 47.0 Å². The van der Waals surface area contributed by atoms with Gasteiger partial charge < -0.3 is 9.97 Å². The molecule has 219 valence electrons. The maximum Gasteiger partial charge on any atom is 0.381 e. The standard InChI is InChI=1S/C24H26N.C12H7F3N.Ir/c1-17-13-19(15-24(3,4)5)11-12-21(17)22-14-23(25-16-18(22)2)20-9-7-6-8-10-20;13-12(14,15)10-6-4-9(5-7-10)11-3-1-2-8-16-11;/h6-9,11-14,16H,15H2,1-5H3;1-4,6-8H;/q2*-1;/i1D3,2D3,12D,14D,15D2;;. The van der Waals surface area contributed by atoms with Crippen LogP contribution in [0.25, 0.3) is 33.6 Å². The molecule has 1 radical (unpaired) electrons. The summed E-state index contributed by atoms with van der Waals surface area (Å²) in [6.07, 6.45) is -3.64. The van der Waals surface area contributed by atoms with Crippen LogP contribution in [0, 0.1) is 31.3 Å². The normalized spacial score (nSPS) is 15.7. The van der Waals surface area contributed by atoms with E-state index in [1.54, 1.807) is 69.4 Å². The minimum Gasteiger partial charge on any atom is -0.305 e. The van der Waals surface area contributed by atoms with Gasteiger partial charge in [-0.15, -0.1) is 65.7 Å². The Labute approximate surface area is 274 Å². The average Bonchev–Trinajstić information content (AvgIpc) is 3.04. The van der Waals surface area contributed by atoms with Gasteiger partial charge in [0.05, 0.1) is 2.74 Å². The van der Waals surface area contributed by atoms with E-state index in [4.69, 9.17) is 13.7 Å². The maximum absolute atomic E-state index is 12.3. The fourth-order valence-electron chi connectivity index (χ4n) is 3.78. The molecule has 0 saturated carbocycles. The summed E-state index contributed by atoms with van der Waals surface area (Å²) in [5.74, 6) is 0.